The molecule has 0 aliphatic carbocycles. The molecule has 1 fully saturated rings. The molecule has 0 bridgehead atoms. The number of nitrogens with zero attached hydrogens (tertiary/aromatic N) is 1. The van der Waals surface area contributed by atoms with Gasteiger partial charge in [0.05, 0.1) is 13.2 Å². The summed E-state index contributed by atoms with van der Waals surface area (Å²) in [5, 5.41) is 9.07. The van der Waals surface area contributed by atoms with E-state index in [0.29, 0.717) is 17.9 Å². The molecule has 1 amide bonds. The molecule has 0 saturated carbocycles. The van der Waals surface area contributed by atoms with Gasteiger partial charge in [0, 0.05) is 12.1 Å². The molecule has 0 spiro atoms. The number of hydrogen-bond donors (Lipinski definition) is 1. The highest BCUT2D eigenvalue weighted by molar-refractivity contribution is 5.95. The summed E-state index contributed by atoms with van der Waals surface area (Å²) in [5.74, 6) is -0.614. The van der Waals surface area contributed by atoms with Crippen LogP contribution in [-0.2, 0) is 9.53 Å². The average Bonchev–Trinajstić information content (AvgIpc) is 2.67. The molecule has 1 aromatic rings. The molecule has 98 valence electrons. The van der Waals surface area contributed by atoms with Crippen molar-refractivity contribution < 1.29 is 23.8 Å². The fraction of sp³-hybridized carbons (Fsp3) is 0.500. The van der Waals surface area contributed by atoms with Crippen LogP contribution in [0, 0.1) is 13.8 Å². The van der Waals surface area contributed by atoms with E-state index in [1.54, 1.807) is 19.9 Å². The van der Waals surface area contributed by atoms with E-state index in [4.69, 9.17) is 14.3 Å². The third-order valence-corrected chi connectivity index (χ3v) is 2.91. The average molecular weight is 253 g/mol. The van der Waals surface area contributed by atoms with Crippen LogP contribution in [0.25, 0.3) is 0 Å². The first kappa shape index (κ1) is 12.6. The first-order valence-corrected chi connectivity index (χ1v) is 5.69. The van der Waals surface area contributed by atoms with Crippen molar-refractivity contribution in [2.24, 2.45) is 0 Å². The zero-order valence-electron chi connectivity index (χ0n) is 10.3. The number of hydrogen-bond acceptors (Lipinski definition) is 4. The van der Waals surface area contributed by atoms with Crippen molar-refractivity contribution in [1.29, 1.82) is 0 Å². The summed E-state index contributed by atoms with van der Waals surface area (Å²) in [5.41, 5.74) is 0.716. The van der Waals surface area contributed by atoms with Gasteiger partial charge in [-0.1, -0.05) is 0 Å². The molecular weight excluding hydrogens is 238 g/mol. The van der Waals surface area contributed by atoms with E-state index in [2.05, 4.69) is 0 Å². The SMILES string of the molecule is Cc1cc(C)c(C(=O)N2CCOC[C@H]2C(=O)O)o1. The van der Waals surface area contributed by atoms with Gasteiger partial charge in [0.25, 0.3) is 5.91 Å². The van der Waals surface area contributed by atoms with Gasteiger partial charge in [-0.25, -0.2) is 4.79 Å². The van der Waals surface area contributed by atoms with Crippen LogP contribution in [0.3, 0.4) is 0 Å². The minimum Gasteiger partial charge on any atom is -0.480 e. The van der Waals surface area contributed by atoms with Crippen molar-refractivity contribution in [2.75, 3.05) is 19.8 Å². The highest BCUT2D eigenvalue weighted by atomic mass is 16.5. The summed E-state index contributed by atoms with van der Waals surface area (Å²) in [6, 6.07) is 0.805. The number of carbonyl (C=O) groups is 2. The number of aliphatic carboxylic acids is 1. The largest absolute Gasteiger partial charge is 0.480 e. The molecule has 1 aliphatic rings. The molecule has 18 heavy (non-hydrogen) atoms. The van der Waals surface area contributed by atoms with Crippen molar-refractivity contribution in [2.45, 2.75) is 19.9 Å². The van der Waals surface area contributed by atoms with E-state index in [9.17, 15) is 9.59 Å². The molecular formula is C12H15NO5. The second-order valence-electron chi connectivity index (χ2n) is 4.30. The fourth-order valence-corrected chi connectivity index (χ4v) is 2.04. The fourth-order valence-electron chi connectivity index (χ4n) is 2.04. The Balaban J connectivity index is 2.26. The van der Waals surface area contributed by atoms with Gasteiger partial charge in [0.15, 0.2) is 11.8 Å². The summed E-state index contributed by atoms with van der Waals surface area (Å²) < 4.78 is 10.4. The minimum atomic E-state index is -1.07. The maximum atomic E-state index is 12.3. The summed E-state index contributed by atoms with van der Waals surface area (Å²) >= 11 is 0. The van der Waals surface area contributed by atoms with Crippen LogP contribution in [0.1, 0.15) is 21.9 Å². The maximum absolute atomic E-state index is 12.3. The van der Waals surface area contributed by atoms with Gasteiger partial charge in [-0.2, -0.15) is 0 Å². The molecule has 0 aromatic carbocycles. The number of morpholine rings is 1. The molecule has 1 atom stereocenters. The molecule has 6 heteroatoms. The van der Waals surface area contributed by atoms with Crippen molar-refractivity contribution in [3.8, 4) is 0 Å². The number of ether oxygens (including phenoxy) is 1. The zero-order valence-corrected chi connectivity index (χ0v) is 10.3. The van der Waals surface area contributed by atoms with Crippen LogP contribution >= 0.6 is 0 Å². The standard InChI is InChI=1S/C12H15NO5/c1-7-5-8(2)18-10(7)11(14)13-3-4-17-6-9(13)12(15)16/h5,9H,3-4,6H2,1-2H3,(H,15,16)/t9-/m0/s1. The number of aryl methyl sites for hydroxylation is 2. The quantitative estimate of drug-likeness (QED) is 0.844. The summed E-state index contributed by atoms with van der Waals surface area (Å²) in [7, 11) is 0. The van der Waals surface area contributed by atoms with Gasteiger partial charge in [0.2, 0.25) is 0 Å². The molecule has 1 aromatic heterocycles. The van der Waals surface area contributed by atoms with Crippen molar-refractivity contribution in [3.05, 3.63) is 23.2 Å². The summed E-state index contributed by atoms with van der Waals surface area (Å²) in [6.07, 6.45) is 0. The van der Waals surface area contributed by atoms with Crippen molar-refractivity contribution in [1.82, 2.24) is 4.90 Å². The van der Waals surface area contributed by atoms with E-state index in [0.717, 1.165) is 0 Å². The van der Waals surface area contributed by atoms with Gasteiger partial charge in [-0.05, 0) is 19.9 Å². The smallest absolute Gasteiger partial charge is 0.328 e. The molecule has 1 N–H and O–H groups in total. The second kappa shape index (κ2) is 4.81. The minimum absolute atomic E-state index is 0.0137. The van der Waals surface area contributed by atoms with Crippen molar-refractivity contribution >= 4 is 11.9 Å². The number of carbonyl (C=O) groups excluding carboxylic acids is 1. The molecule has 2 rings (SSSR count). The molecule has 2 heterocycles. The molecule has 6 nitrogen and oxygen atoms in total. The lowest BCUT2D eigenvalue weighted by molar-refractivity contribution is -0.147. The van der Waals surface area contributed by atoms with Gasteiger partial charge < -0.3 is 19.2 Å². The van der Waals surface area contributed by atoms with Crippen LogP contribution in [0.5, 0.6) is 0 Å². The van der Waals surface area contributed by atoms with Gasteiger partial charge in [-0.3, -0.25) is 4.79 Å². The molecule has 0 radical (unpaired) electrons. The predicted octanol–water partition coefficient (Wildman–Crippen LogP) is 0.822. The maximum Gasteiger partial charge on any atom is 0.328 e. The van der Waals surface area contributed by atoms with E-state index < -0.39 is 17.9 Å². The van der Waals surface area contributed by atoms with E-state index in [-0.39, 0.29) is 18.9 Å². The lowest BCUT2D eigenvalue weighted by Gasteiger charge is -2.32. The first-order chi connectivity index (χ1) is 8.50. The lowest BCUT2D eigenvalue weighted by Crippen LogP contribution is -2.52. The molecule has 1 saturated heterocycles. The third kappa shape index (κ3) is 2.24. The number of furan rings is 1. The van der Waals surface area contributed by atoms with E-state index in [1.807, 2.05) is 0 Å². The number of carboxylic acids is 1. The Morgan fingerprint density at radius 3 is 2.72 bits per heavy atom. The van der Waals surface area contributed by atoms with Crippen LogP contribution in [0.4, 0.5) is 0 Å². The van der Waals surface area contributed by atoms with Crippen LogP contribution in [-0.4, -0.2) is 47.7 Å². The Morgan fingerprint density at radius 2 is 2.17 bits per heavy atom. The number of rotatable bonds is 2. The Morgan fingerprint density at radius 1 is 1.44 bits per heavy atom. The number of amides is 1. The zero-order chi connectivity index (χ0) is 13.3. The molecule has 1 aliphatic heterocycles. The Labute approximate surface area is 104 Å². The highest BCUT2D eigenvalue weighted by Crippen LogP contribution is 2.19. The number of carboxylic acid groups (broad SMARTS) is 1. The van der Waals surface area contributed by atoms with E-state index >= 15 is 0 Å². The molecule has 0 unspecified atom stereocenters. The normalized spacial score (nSPS) is 19.9. The first-order valence-electron chi connectivity index (χ1n) is 5.69. The van der Waals surface area contributed by atoms with Crippen molar-refractivity contribution in [3.63, 3.8) is 0 Å². The monoisotopic (exact) mass is 253 g/mol. The summed E-state index contributed by atoms with van der Waals surface area (Å²) in [4.78, 5) is 24.6. The van der Waals surface area contributed by atoms with Gasteiger partial charge in [-0.15, -0.1) is 0 Å². The van der Waals surface area contributed by atoms with Gasteiger partial charge >= 0.3 is 5.97 Å². The topological polar surface area (TPSA) is 80.0 Å². The lowest BCUT2D eigenvalue weighted by atomic mass is 10.2. The van der Waals surface area contributed by atoms with Crippen LogP contribution in [0.15, 0.2) is 10.5 Å². The predicted molar refractivity (Wildman–Crippen MR) is 61.5 cm³/mol. The third-order valence-electron chi connectivity index (χ3n) is 2.91. The van der Waals surface area contributed by atoms with Crippen LogP contribution < -0.4 is 0 Å². The Bertz CT molecular complexity index is 479. The van der Waals surface area contributed by atoms with Crippen LogP contribution in [0.2, 0.25) is 0 Å². The second-order valence-corrected chi connectivity index (χ2v) is 4.30. The highest BCUT2D eigenvalue weighted by Gasteiger charge is 2.35. The van der Waals surface area contributed by atoms with Gasteiger partial charge in [0.1, 0.15) is 5.76 Å². The Kier molecular flexibility index (Phi) is 3.38. The van der Waals surface area contributed by atoms with E-state index in [1.165, 1.54) is 4.90 Å². The summed E-state index contributed by atoms with van der Waals surface area (Å²) in [6.45, 7) is 4.13. The Hall–Kier alpha value is -1.82.